The van der Waals surface area contributed by atoms with E-state index < -0.39 is 0 Å². The number of fused-ring (bicyclic) bond motifs is 1. The molecule has 1 amide bonds. The minimum absolute atomic E-state index is 0.156. The fraction of sp³-hybridized carbons (Fsp3) is 0.368. The number of rotatable bonds is 7. The predicted molar refractivity (Wildman–Crippen MR) is 118 cm³/mol. The van der Waals surface area contributed by atoms with Crippen LogP contribution in [0, 0.1) is 0 Å². The Morgan fingerprint density at radius 2 is 1.93 bits per heavy atom. The fourth-order valence-electron chi connectivity index (χ4n) is 2.75. The summed E-state index contributed by atoms with van der Waals surface area (Å²) in [6, 6.07) is 7.89. The minimum atomic E-state index is -0.156. The van der Waals surface area contributed by atoms with Gasteiger partial charge < -0.3 is 4.90 Å². The summed E-state index contributed by atoms with van der Waals surface area (Å²) in [5.41, 5.74) is 2.60. The second kappa shape index (κ2) is 8.88. The lowest BCUT2D eigenvalue weighted by atomic mass is 10.2. The summed E-state index contributed by atoms with van der Waals surface area (Å²) in [6.45, 7) is 3.58. The van der Waals surface area contributed by atoms with Crippen molar-refractivity contribution in [2.24, 2.45) is 0 Å². The Kier molecular flexibility index (Phi) is 6.76. The normalized spacial score (nSPS) is 11.5. The highest BCUT2D eigenvalue weighted by atomic mass is 35.5. The maximum atomic E-state index is 13.2. The summed E-state index contributed by atoms with van der Waals surface area (Å²) in [4.78, 5) is 21.7. The van der Waals surface area contributed by atoms with Crippen LogP contribution in [0.3, 0.4) is 0 Å². The van der Waals surface area contributed by atoms with Gasteiger partial charge in [-0.05, 0) is 57.2 Å². The Hall–Kier alpha value is -1.18. The van der Waals surface area contributed by atoms with Crippen LogP contribution < -0.4 is 4.90 Å². The standard InChI is InChI=1S/C19H21Cl2N3OS2/c1-4-12-6-7-14-15(10-12)26-19(22-14)24(9-5-8-23(2)3)18(25)13-11-16(20)27-17(13)21/h6-7,10-11H,4-5,8-9H2,1-3H3. The van der Waals surface area contributed by atoms with Crippen LogP contribution in [-0.4, -0.2) is 43.0 Å². The molecule has 2 heterocycles. The Labute approximate surface area is 177 Å². The molecule has 0 aliphatic rings. The molecule has 0 fully saturated rings. The molecule has 8 heteroatoms. The third kappa shape index (κ3) is 4.81. The van der Waals surface area contributed by atoms with Gasteiger partial charge in [0, 0.05) is 6.54 Å². The number of hydrogen-bond acceptors (Lipinski definition) is 5. The molecule has 0 aliphatic heterocycles. The summed E-state index contributed by atoms with van der Waals surface area (Å²) in [5, 5.41) is 0.695. The van der Waals surface area contributed by atoms with E-state index in [1.165, 1.54) is 28.2 Å². The number of carbonyl (C=O) groups is 1. The number of thiophene rings is 1. The van der Waals surface area contributed by atoms with E-state index in [4.69, 9.17) is 28.2 Å². The van der Waals surface area contributed by atoms with Gasteiger partial charge in [-0.2, -0.15) is 0 Å². The molecule has 4 nitrogen and oxygen atoms in total. The van der Waals surface area contributed by atoms with Crippen molar-refractivity contribution in [3.05, 3.63) is 44.1 Å². The highest BCUT2D eigenvalue weighted by Gasteiger charge is 2.24. The van der Waals surface area contributed by atoms with Crippen LogP contribution in [0.15, 0.2) is 24.3 Å². The van der Waals surface area contributed by atoms with Gasteiger partial charge in [0.25, 0.3) is 5.91 Å². The second-order valence-corrected chi connectivity index (χ2v) is 9.80. The number of nitrogens with zero attached hydrogens (tertiary/aromatic N) is 3. The summed E-state index contributed by atoms with van der Waals surface area (Å²) in [7, 11) is 4.04. The number of halogens is 2. The summed E-state index contributed by atoms with van der Waals surface area (Å²) >= 11 is 15.0. The third-order valence-electron chi connectivity index (χ3n) is 4.20. The number of hydrogen-bond donors (Lipinski definition) is 0. The van der Waals surface area contributed by atoms with Gasteiger partial charge in [0.2, 0.25) is 0 Å². The molecular formula is C19H21Cl2N3OS2. The Balaban J connectivity index is 1.95. The van der Waals surface area contributed by atoms with Crippen LogP contribution in [0.4, 0.5) is 5.13 Å². The van der Waals surface area contributed by atoms with E-state index in [0.717, 1.165) is 29.6 Å². The van der Waals surface area contributed by atoms with Gasteiger partial charge in [-0.1, -0.05) is 47.5 Å². The highest BCUT2D eigenvalue weighted by Crippen LogP contribution is 2.35. The first-order chi connectivity index (χ1) is 12.9. The van der Waals surface area contributed by atoms with Crippen LogP contribution in [0.5, 0.6) is 0 Å². The van der Waals surface area contributed by atoms with E-state index in [1.54, 1.807) is 11.0 Å². The van der Waals surface area contributed by atoms with Crippen molar-refractivity contribution in [2.45, 2.75) is 19.8 Å². The number of anilines is 1. The summed E-state index contributed by atoms with van der Waals surface area (Å²) < 4.78 is 2.01. The Bertz CT molecular complexity index is 952. The van der Waals surface area contributed by atoms with Gasteiger partial charge in [0.15, 0.2) is 5.13 Å². The van der Waals surface area contributed by atoms with E-state index in [-0.39, 0.29) is 5.91 Å². The Morgan fingerprint density at radius 1 is 1.15 bits per heavy atom. The van der Waals surface area contributed by atoms with Crippen molar-refractivity contribution in [3.8, 4) is 0 Å². The number of carbonyl (C=O) groups excluding carboxylic acids is 1. The maximum absolute atomic E-state index is 13.2. The molecule has 3 rings (SSSR count). The lowest BCUT2D eigenvalue weighted by molar-refractivity contribution is 0.0986. The van der Waals surface area contributed by atoms with Crippen LogP contribution in [0.2, 0.25) is 8.67 Å². The highest BCUT2D eigenvalue weighted by molar-refractivity contribution is 7.22. The molecule has 144 valence electrons. The fourth-order valence-corrected chi connectivity index (χ4v) is 5.25. The van der Waals surface area contributed by atoms with E-state index in [0.29, 0.717) is 25.9 Å². The van der Waals surface area contributed by atoms with Crippen molar-refractivity contribution in [3.63, 3.8) is 0 Å². The Morgan fingerprint density at radius 3 is 2.56 bits per heavy atom. The van der Waals surface area contributed by atoms with Crippen LogP contribution in [0.1, 0.15) is 29.3 Å². The molecular weight excluding hydrogens is 421 g/mol. The molecule has 27 heavy (non-hydrogen) atoms. The average Bonchev–Trinajstić information content (AvgIpc) is 3.19. The van der Waals surface area contributed by atoms with E-state index in [9.17, 15) is 4.79 Å². The van der Waals surface area contributed by atoms with Gasteiger partial charge in [-0.15, -0.1) is 11.3 Å². The number of thiazole rings is 1. The monoisotopic (exact) mass is 441 g/mol. The summed E-state index contributed by atoms with van der Waals surface area (Å²) in [5.74, 6) is -0.156. The minimum Gasteiger partial charge on any atom is -0.309 e. The number of amides is 1. The van der Waals surface area contributed by atoms with Gasteiger partial charge in [0.1, 0.15) is 4.34 Å². The average molecular weight is 442 g/mol. The second-order valence-electron chi connectivity index (χ2n) is 6.50. The molecule has 3 aromatic rings. The zero-order chi connectivity index (χ0) is 19.6. The van der Waals surface area contributed by atoms with Gasteiger partial charge in [0.05, 0.1) is 20.1 Å². The van der Waals surface area contributed by atoms with E-state index in [1.807, 2.05) is 20.2 Å². The molecule has 0 saturated carbocycles. The molecule has 0 unspecified atom stereocenters. The van der Waals surface area contributed by atoms with Crippen molar-refractivity contribution < 1.29 is 4.79 Å². The van der Waals surface area contributed by atoms with E-state index in [2.05, 4.69) is 24.0 Å². The molecule has 0 saturated heterocycles. The van der Waals surface area contributed by atoms with Crippen molar-refractivity contribution in [2.75, 3.05) is 32.1 Å². The van der Waals surface area contributed by atoms with E-state index >= 15 is 0 Å². The first-order valence-corrected chi connectivity index (χ1v) is 11.1. The van der Waals surface area contributed by atoms with Crippen molar-refractivity contribution in [1.82, 2.24) is 9.88 Å². The number of aryl methyl sites for hydroxylation is 1. The SMILES string of the molecule is CCc1ccc2nc(N(CCCN(C)C)C(=O)c3cc(Cl)sc3Cl)sc2c1. The van der Waals surface area contributed by atoms with Crippen LogP contribution in [0.25, 0.3) is 10.2 Å². The third-order valence-corrected chi connectivity index (χ3v) is 6.73. The van der Waals surface area contributed by atoms with Crippen LogP contribution >= 0.6 is 45.9 Å². The molecule has 2 aromatic heterocycles. The zero-order valence-electron chi connectivity index (χ0n) is 15.5. The molecule has 0 bridgehead atoms. The number of aromatic nitrogens is 1. The molecule has 0 aliphatic carbocycles. The number of benzene rings is 1. The largest absolute Gasteiger partial charge is 0.309 e. The molecule has 0 N–H and O–H groups in total. The van der Waals surface area contributed by atoms with Gasteiger partial charge in [-0.3, -0.25) is 9.69 Å². The maximum Gasteiger partial charge on any atom is 0.262 e. The lowest BCUT2D eigenvalue weighted by Crippen LogP contribution is -2.33. The zero-order valence-corrected chi connectivity index (χ0v) is 18.6. The van der Waals surface area contributed by atoms with Crippen LogP contribution in [-0.2, 0) is 6.42 Å². The van der Waals surface area contributed by atoms with Gasteiger partial charge in [-0.25, -0.2) is 4.98 Å². The molecule has 0 radical (unpaired) electrons. The predicted octanol–water partition coefficient (Wildman–Crippen LogP) is 5.83. The van der Waals surface area contributed by atoms with Crippen molar-refractivity contribution >= 4 is 67.1 Å². The molecule has 0 atom stereocenters. The summed E-state index contributed by atoms with van der Waals surface area (Å²) in [6.07, 6.45) is 1.81. The topological polar surface area (TPSA) is 36.4 Å². The smallest absolute Gasteiger partial charge is 0.262 e. The molecule has 0 spiro atoms. The first-order valence-electron chi connectivity index (χ1n) is 8.70. The van der Waals surface area contributed by atoms with Gasteiger partial charge >= 0.3 is 0 Å². The lowest BCUT2D eigenvalue weighted by Gasteiger charge is -2.20. The molecule has 1 aromatic carbocycles. The quantitative estimate of drug-likeness (QED) is 0.462. The van der Waals surface area contributed by atoms with Crippen molar-refractivity contribution in [1.29, 1.82) is 0 Å². The first kappa shape index (κ1) is 20.6.